The SMILES string of the molecule is C=CCOc1ccc(/C=C2\SC(=S)N(CCCOC)C2=O)cc1. The number of thiocarbonyl (C=S) groups is 1. The van der Waals surface area contributed by atoms with E-state index < -0.39 is 0 Å². The van der Waals surface area contributed by atoms with Crippen LogP contribution in [0.1, 0.15) is 12.0 Å². The monoisotopic (exact) mass is 349 g/mol. The highest BCUT2D eigenvalue weighted by molar-refractivity contribution is 8.26. The van der Waals surface area contributed by atoms with Crippen molar-refractivity contribution in [3.8, 4) is 5.75 Å². The predicted molar refractivity (Wildman–Crippen MR) is 98.5 cm³/mol. The van der Waals surface area contributed by atoms with E-state index in [1.165, 1.54) is 11.8 Å². The molecule has 0 unspecified atom stereocenters. The number of carbonyl (C=O) groups excluding carboxylic acids is 1. The van der Waals surface area contributed by atoms with E-state index >= 15 is 0 Å². The number of rotatable bonds is 8. The molecule has 0 spiro atoms. The van der Waals surface area contributed by atoms with Crippen LogP contribution in [0.15, 0.2) is 41.8 Å². The van der Waals surface area contributed by atoms with Gasteiger partial charge in [-0.3, -0.25) is 9.69 Å². The third-order valence-electron chi connectivity index (χ3n) is 3.15. The molecule has 0 N–H and O–H groups in total. The van der Waals surface area contributed by atoms with E-state index in [0.717, 1.165) is 17.7 Å². The van der Waals surface area contributed by atoms with Crippen molar-refractivity contribution in [3.05, 3.63) is 47.4 Å². The molecule has 1 aromatic carbocycles. The molecular formula is C17H19NO3S2. The van der Waals surface area contributed by atoms with Crippen LogP contribution in [0.2, 0.25) is 0 Å². The first-order chi connectivity index (χ1) is 11.2. The molecule has 1 fully saturated rings. The van der Waals surface area contributed by atoms with Gasteiger partial charge in [0.25, 0.3) is 5.91 Å². The maximum absolute atomic E-state index is 12.4. The summed E-state index contributed by atoms with van der Waals surface area (Å²) in [7, 11) is 1.65. The maximum atomic E-state index is 12.4. The number of thioether (sulfide) groups is 1. The highest BCUT2D eigenvalue weighted by Crippen LogP contribution is 2.32. The predicted octanol–water partition coefficient (Wildman–Crippen LogP) is 3.49. The maximum Gasteiger partial charge on any atom is 0.266 e. The second-order valence-electron chi connectivity index (χ2n) is 4.85. The summed E-state index contributed by atoms with van der Waals surface area (Å²) in [6.07, 6.45) is 4.32. The molecule has 0 bridgehead atoms. The zero-order valence-electron chi connectivity index (χ0n) is 13.0. The molecule has 0 aromatic heterocycles. The van der Waals surface area contributed by atoms with Gasteiger partial charge in [0, 0.05) is 20.3 Å². The lowest BCUT2D eigenvalue weighted by molar-refractivity contribution is -0.122. The molecule has 1 heterocycles. The minimum atomic E-state index is -0.0388. The zero-order valence-corrected chi connectivity index (χ0v) is 14.6. The molecular weight excluding hydrogens is 330 g/mol. The average molecular weight is 349 g/mol. The molecule has 0 saturated carbocycles. The molecule has 0 aliphatic carbocycles. The van der Waals surface area contributed by atoms with Gasteiger partial charge in [-0.25, -0.2) is 0 Å². The molecule has 2 rings (SSSR count). The lowest BCUT2D eigenvalue weighted by atomic mass is 10.2. The van der Waals surface area contributed by atoms with E-state index in [1.807, 2.05) is 30.3 Å². The molecule has 0 atom stereocenters. The number of hydrogen-bond acceptors (Lipinski definition) is 5. The van der Waals surface area contributed by atoms with Crippen molar-refractivity contribution < 1.29 is 14.3 Å². The zero-order chi connectivity index (χ0) is 16.7. The Morgan fingerprint density at radius 1 is 1.35 bits per heavy atom. The number of ether oxygens (including phenoxy) is 2. The third kappa shape index (κ3) is 4.92. The number of carbonyl (C=O) groups is 1. The molecule has 1 aliphatic rings. The lowest BCUT2D eigenvalue weighted by Gasteiger charge is -2.13. The lowest BCUT2D eigenvalue weighted by Crippen LogP contribution is -2.29. The van der Waals surface area contributed by atoms with Crippen LogP contribution in [0, 0.1) is 0 Å². The van der Waals surface area contributed by atoms with Crippen molar-refractivity contribution in [2.45, 2.75) is 6.42 Å². The Hall–Kier alpha value is -1.63. The van der Waals surface area contributed by atoms with Crippen LogP contribution in [-0.2, 0) is 9.53 Å². The number of amides is 1. The van der Waals surface area contributed by atoms with Gasteiger partial charge < -0.3 is 9.47 Å². The molecule has 1 aliphatic heterocycles. The Bertz CT molecular complexity index is 611. The van der Waals surface area contributed by atoms with Crippen LogP contribution in [-0.4, -0.2) is 42.0 Å². The van der Waals surface area contributed by atoms with E-state index in [2.05, 4.69) is 6.58 Å². The van der Waals surface area contributed by atoms with Gasteiger partial charge in [0.05, 0.1) is 4.91 Å². The summed E-state index contributed by atoms with van der Waals surface area (Å²) >= 11 is 6.62. The molecule has 4 nitrogen and oxygen atoms in total. The fraction of sp³-hybridized carbons (Fsp3) is 0.294. The van der Waals surface area contributed by atoms with Crippen LogP contribution < -0.4 is 4.74 Å². The molecule has 6 heteroatoms. The van der Waals surface area contributed by atoms with Gasteiger partial charge in [-0.15, -0.1) is 0 Å². The fourth-order valence-corrected chi connectivity index (χ4v) is 3.34. The standard InChI is InChI=1S/C17H19NO3S2/c1-3-10-21-14-7-5-13(6-8-14)12-15-16(19)18(17(22)23-15)9-4-11-20-2/h3,5-8,12H,1,4,9-11H2,2H3/b15-12-. The van der Waals surface area contributed by atoms with Crippen molar-refractivity contribution >= 4 is 40.3 Å². The first-order valence-electron chi connectivity index (χ1n) is 7.23. The Morgan fingerprint density at radius 3 is 2.74 bits per heavy atom. The molecule has 1 saturated heterocycles. The quantitative estimate of drug-likeness (QED) is 0.311. The minimum absolute atomic E-state index is 0.0388. The first kappa shape index (κ1) is 17.7. The highest BCUT2D eigenvalue weighted by Gasteiger charge is 2.31. The summed E-state index contributed by atoms with van der Waals surface area (Å²) < 4.78 is 11.1. The second kappa shape index (κ2) is 8.86. The number of nitrogens with zero attached hydrogens (tertiary/aromatic N) is 1. The van der Waals surface area contributed by atoms with Crippen LogP contribution in [0.3, 0.4) is 0 Å². The van der Waals surface area contributed by atoms with Crippen molar-refractivity contribution in [2.24, 2.45) is 0 Å². The molecule has 122 valence electrons. The average Bonchev–Trinajstić information content (AvgIpc) is 2.82. The van der Waals surface area contributed by atoms with Crippen molar-refractivity contribution in [1.29, 1.82) is 0 Å². The van der Waals surface area contributed by atoms with E-state index in [1.54, 1.807) is 18.1 Å². The van der Waals surface area contributed by atoms with Crippen LogP contribution in [0.5, 0.6) is 5.75 Å². The summed E-state index contributed by atoms with van der Waals surface area (Å²) in [5.41, 5.74) is 0.938. The first-order valence-corrected chi connectivity index (χ1v) is 8.46. The van der Waals surface area contributed by atoms with Gasteiger partial charge in [0.15, 0.2) is 0 Å². The molecule has 1 amide bonds. The smallest absolute Gasteiger partial charge is 0.266 e. The normalized spacial score (nSPS) is 16.2. The van der Waals surface area contributed by atoms with E-state index in [4.69, 9.17) is 21.7 Å². The van der Waals surface area contributed by atoms with E-state index in [9.17, 15) is 4.79 Å². The van der Waals surface area contributed by atoms with Crippen LogP contribution in [0.25, 0.3) is 6.08 Å². The second-order valence-corrected chi connectivity index (χ2v) is 6.52. The fourth-order valence-electron chi connectivity index (χ4n) is 2.03. The van der Waals surface area contributed by atoms with E-state index in [-0.39, 0.29) is 5.91 Å². The molecule has 0 radical (unpaired) electrons. The van der Waals surface area contributed by atoms with Gasteiger partial charge in [-0.2, -0.15) is 0 Å². The van der Waals surface area contributed by atoms with Crippen molar-refractivity contribution in [3.63, 3.8) is 0 Å². The van der Waals surface area contributed by atoms with E-state index in [0.29, 0.717) is 29.0 Å². The number of benzene rings is 1. The third-order valence-corrected chi connectivity index (χ3v) is 4.53. The Morgan fingerprint density at radius 2 is 2.09 bits per heavy atom. The van der Waals surface area contributed by atoms with Gasteiger partial charge in [0.1, 0.15) is 16.7 Å². The summed E-state index contributed by atoms with van der Waals surface area (Å²) in [5.74, 6) is 0.734. The Balaban J connectivity index is 2.03. The number of methoxy groups -OCH3 is 1. The summed E-state index contributed by atoms with van der Waals surface area (Å²) in [6.45, 7) is 5.28. The topological polar surface area (TPSA) is 38.8 Å². The molecule has 1 aromatic rings. The van der Waals surface area contributed by atoms with Crippen molar-refractivity contribution in [2.75, 3.05) is 26.9 Å². The van der Waals surface area contributed by atoms with Gasteiger partial charge >= 0.3 is 0 Å². The van der Waals surface area contributed by atoms with Gasteiger partial charge in [0.2, 0.25) is 0 Å². The number of hydrogen-bond donors (Lipinski definition) is 0. The summed E-state index contributed by atoms with van der Waals surface area (Å²) in [4.78, 5) is 14.7. The van der Waals surface area contributed by atoms with Gasteiger partial charge in [-0.05, 0) is 30.2 Å². The molecule has 23 heavy (non-hydrogen) atoms. The van der Waals surface area contributed by atoms with Crippen molar-refractivity contribution in [1.82, 2.24) is 4.90 Å². The van der Waals surface area contributed by atoms with Crippen LogP contribution >= 0.6 is 24.0 Å². The Kier molecular flexibility index (Phi) is 6.83. The van der Waals surface area contributed by atoms with Crippen LogP contribution in [0.4, 0.5) is 0 Å². The highest BCUT2D eigenvalue weighted by atomic mass is 32.2. The largest absolute Gasteiger partial charge is 0.490 e. The Labute approximate surface area is 146 Å². The summed E-state index contributed by atoms with van der Waals surface area (Å²) in [6, 6.07) is 7.56. The van der Waals surface area contributed by atoms with Gasteiger partial charge in [-0.1, -0.05) is 48.8 Å². The minimum Gasteiger partial charge on any atom is -0.490 e. The summed E-state index contributed by atoms with van der Waals surface area (Å²) in [5, 5.41) is 0.